The molecule has 1 aromatic carbocycles. The predicted molar refractivity (Wildman–Crippen MR) is 48.6 cm³/mol. The van der Waals surface area contributed by atoms with Crippen molar-refractivity contribution >= 4 is 14.7 Å². The van der Waals surface area contributed by atoms with E-state index in [2.05, 4.69) is 12.6 Å². The highest BCUT2D eigenvalue weighted by Gasteiger charge is 1.97. The van der Waals surface area contributed by atoms with E-state index in [0.29, 0.717) is 9.52 Å². The summed E-state index contributed by atoms with van der Waals surface area (Å²) >= 11 is 0. The van der Waals surface area contributed by atoms with Crippen molar-refractivity contribution in [1.82, 2.24) is 0 Å². The highest BCUT2D eigenvalue weighted by Crippen LogP contribution is 2.03. The summed E-state index contributed by atoms with van der Waals surface area (Å²) in [5.74, 6) is 0.950. The molecule has 0 heterocycles. The molecule has 1 nitrogen and oxygen atoms in total. The summed E-state index contributed by atoms with van der Waals surface area (Å²) in [6, 6.07) is 8.00. The van der Waals surface area contributed by atoms with E-state index < -0.39 is 0 Å². The highest BCUT2D eigenvalue weighted by atomic mass is 28.2. The third-order valence-electron chi connectivity index (χ3n) is 1.36. The van der Waals surface area contributed by atoms with Crippen LogP contribution in [0, 0.1) is 0 Å². The summed E-state index contributed by atoms with van der Waals surface area (Å²) in [4.78, 5) is 0. The molecule has 0 aromatic heterocycles. The van der Waals surface area contributed by atoms with Gasteiger partial charge in [0.2, 0.25) is 0 Å². The fraction of sp³-hybridized carbons (Fsp3) is 0.111. The summed E-state index contributed by atoms with van der Waals surface area (Å²) in [5.41, 5.74) is 1.90. The Kier molecular flexibility index (Phi) is 2.92. The minimum absolute atomic E-state index is 0.632. The number of hydrogen-bond donors (Lipinski definition) is 0. The summed E-state index contributed by atoms with van der Waals surface area (Å²) in [7, 11) is 2.32. The van der Waals surface area contributed by atoms with Crippen LogP contribution < -0.4 is 9.92 Å². The average Bonchev–Trinajstić information content (AvgIpc) is 2.06. The Balaban J connectivity index is 2.92. The molecule has 0 spiro atoms. The summed E-state index contributed by atoms with van der Waals surface area (Å²) in [6.45, 7) is 3.69. The van der Waals surface area contributed by atoms with Crippen molar-refractivity contribution in [2.45, 2.75) is 0 Å². The van der Waals surface area contributed by atoms with E-state index in [1.54, 1.807) is 7.11 Å². The van der Waals surface area contributed by atoms with Crippen molar-refractivity contribution in [1.29, 1.82) is 0 Å². The minimum atomic E-state index is 0.632. The van der Waals surface area contributed by atoms with Crippen LogP contribution in [0.2, 0.25) is 0 Å². The molecule has 11 heavy (non-hydrogen) atoms. The summed E-state index contributed by atoms with van der Waals surface area (Å²) in [6.07, 6.45) is 0. The largest absolute Gasteiger partial charge is 0.497 e. The van der Waals surface area contributed by atoms with Crippen molar-refractivity contribution in [2.75, 3.05) is 7.11 Å². The second kappa shape index (κ2) is 3.98. The van der Waals surface area contributed by atoms with Gasteiger partial charge in [0, 0.05) is 0 Å². The van der Waals surface area contributed by atoms with Crippen molar-refractivity contribution in [2.24, 2.45) is 0 Å². The normalized spacial score (nSPS) is 9.18. The lowest BCUT2D eigenvalue weighted by molar-refractivity contribution is 0.418. The highest BCUT2D eigenvalue weighted by molar-refractivity contribution is 6.59. The van der Waals surface area contributed by atoms with Crippen LogP contribution >= 0.6 is 0 Å². The van der Waals surface area contributed by atoms with Gasteiger partial charge >= 0.3 is 0 Å². The molecule has 0 bridgehead atoms. The molecule has 0 aliphatic rings. The maximum atomic E-state index is 5.16. The molecule has 56 valence electrons. The number of rotatable bonds is 3. The van der Waals surface area contributed by atoms with Gasteiger partial charge in [-0.15, -0.1) is 12.3 Å². The van der Waals surface area contributed by atoms with Gasteiger partial charge in [0.05, 0.1) is 7.11 Å². The summed E-state index contributed by atoms with van der Waals surface area (Å²) < 4.78 is 5.16. The van der Waals surface area contributed by atoms with Crippen LogP contribution in [0.1, 0.15) is 0 Å². The first-order valence-electron chi connectivity index (χ1n) is 3.39. The Morgan fingerprint density at radius 1 is 1.45 bits per heavy atom. The third-order valence-corrected chi connectivity index (χ3v) is 2.29. The van der Waals surface area contributed by atoms with Gasteiger partial charge in [0.25, 0.3) is 0 Å². The fourth-order valence-corrected chi connectivity index (χ4v) is 1.61. The molecule has 0 atom stereocenters. The first-order chi connectivity index (χ1) is 5.38. The van der Waals surface area contributed by atoms with E-state index in [1.807, 2.05) is 23.9 Å². The number of para-hydroxylation sites is 1. The number of benzene rings is 1. The number of hydrogen-bond acceptors (Lipinski definition) is 1. The van der Waals surface area contributed by atoms with Gasteiger partial charge in [-0.3, -0.25) is 0 Å². The van der Waals surface area contributed by atoms with Crippen LogP contribution in [0.15, 0.2) is 36.5 Å². The molecular weight excluding hydrogens is 152 g/mol. The molecule has 0 fully saturated rings. The number of ether oxygens (including phenoxy) is 1. The van der Waals surface area contributed by atoms with Crippen LogP contribution in [0.25, 0.3) is 0 Å². The Morgan fingerprint density at radius 3 is 2.82 bits per heavy atom. The molecule has 1 rings (SSSR count). The van der Waals surface area contributed by atoms with Gasteiger partial charge < -0.3 is 4.74 Å². The van der Waals surface area contributed by atoms with E-state index in [9.17, 15) is 0 Å². The smallest absolute Gasteiger partial charge is 0.117 e. The van der Waals surface area contributed by atoms with Gasteiger partial charge in [0.15, 0.2) is 0 Å². The van der Waals surface area contributed by atoms with E-state index in [4.69, 9.17) is 4.74 Å². The second-order valence-electron chi connectivity index (χ2n) is 2.05. The monoisotopic (exact) mass is 162 g/mol. The molecule has 0 saturated carbocycles. The van der Waals surface area contributed by atoms with Crippen LogP contribution in [-0.2, 0) is 0 Å². The zero-order valence-corrected chi connectivity index (χ0v) is 7.50. The zero-order valence-electron chi connectivity index (χ0n) is 6.50. The lowest BCUT2D eigenvalue weighted by Gasteiger charge is -2.03. The molecule has 0 aliphatic carbocycles. The van der Waals surface area contributed by atoms with Crippen molar-refractivity contribution in [3.63, 3.8) is 0 Å². The maximum absolute atomic E-state index is 5.16. The first kappa shape index (κ1) is 8.08. The van der Waals surface area contributed by atoms with Gasteiger partial charge in [-0.05, 0) is 11.3 Å². The Labute approximate surface area is 69.5 Å². The van der Waals surface area contributed by atoms with Crippen molar-refractivity contribution in [3.05, 3.63) is 36.5 Å². The van der Waals surface area contributed by atoms with Gasteiger partial charge in [0.1, 0.15) is 15.3 Å². The Hall–Kier alpha value is -1.02. The molecule has 0 amide bonds. The topological polar surface area (TPSA) is 9.23 Å². The Bertz CT molecular complexity index is 245. The predicted octanol–water partition coefficient (Wildman–Crippen LogP) is 1.17. The standard InChI is InChI=1S/C9H10OSi/c1-3-11-9-7-5-4-6-8(9)10-2/h3-7H,1H2,2H3. The maximum Gasteiger partial charge on any atom is 0.117 e. The molecular formula is C9H10OSi. The van der Waals surface area contributed by atoms with Crippen molar-refractivity contribution < 1.29 is 4.74 Å². The van der Waals surface area contributed by atoms with Crippen LogP contribution in [0.3, 0.4) is 0 Å². The van der Waals surface area contributed by atoms with Gasteiger partial charge in [-0.2, -0.15) is 0 Å². The van der Waals surface area contributed by atoms with E-state index >= 15 is 0 Å². The fourth-order valence-electron chi connectivity index (χ4n) is 0.874. The average molecular weight is 162 g/mol. The lowest BCUT2D eigenvalue weighted by atomic mass is 10.3. The Morgan fingerprint density at radius 2 is 2.18 bits per heavy atom. The SMILES string of the molecule is C=C[Si]c1ccccc1OC. The molecule has 2 heteroatoms. The first-order valence-corrected chi connectivity index (χ1v) is 4.46. The second-order valence-corrected chi connectivity index (χ2v) is 3.28. The third kappa shape index (κ3) is 1.95. The summed E-state index contributed by atoms with van der Waals surface area (Å²) in [5, 5.41) is 1.21. The van der Waals surface area contributed by atoms with E-state index in [0.717, 1.165) is 5.75 Å². The van der Waals surface area contributed by atoms with E-state index in [1.165, 1.54) is 5.19 Å². The lowest BCUT2D eigenvalue weighted by Crippen LogP contribution is -2.14. The minimum Gasteiger partial charge on any atom is -0.497 e. The quantitative estimate of drug-likeness (QED) is 0.606. The van der Waals surface area contributed by atoms with Crippen LogP contribution in [0.4, 0.5) is 0 Å². The van der Waals surface area contributed by atoms with Gasteiger partial charge in [-0.25, -0.2) is 0 Å². The molecule has 1 aromatic rings. The molecule has 0 aliphatic heterocycles. The van der Waals surface area contributed by atoms with Crippen LogP contribution in [0.5, 0.6) is 5.75 Å². The molecule has 2 radical (unpaired) electrons. The zero-order chi connectivity index (χ0) is 8.10. The molecule has 0 saturated heterocycles. The number of methoxy groups -OCH3 is 1. The van der Waals surface area contributed by atoms with E-state index in [-0.39, 0.29) is 0 Å². The van der Waals surface area contributed by atoms with Crippen molar-refractivity contribution in [3.8, 4) is 5.75 Å². The van der Waals surface area contributed by atoms with Crippen LogP contribution in [-0.4, -0.2) is 16.6 Å². The molecule has 0 unspecified atom stereocenters. The van der Waals surface area contributed by atoms with Gasteiger partial charge in [-0.1, -0.05) is 18.2 Å². The molecule has 0 N–H and O–H groups in total.